The molecule has 0 spiro atoms. The fraction of sp³-hybridized carbons (Fsp3) is 0.211. The monoisotopic (exact) mass is 335 g/mol. The van der Waals surface area contributed by atoms with Crippen molar-refractivity contribution in [2.24, 2.45) is 0 Å². The van der Waals surface area contributed by atoms with E-state index in [2.05, 4.69) is 44.9 Å². The first-order valence-electron chi connectivity index (χ1n) is 8.13. The van der Waals surface area contributed by atoms with Gasteiger partial charge in [0.1, 0.15) is 5.75 Å². The van der Waals surface area contributed by atoms with Gasteiger partial charge in [-0.2, -0.15) is 10.1 Å². The molecule has 0 saturated carbocycles. The van der Waals surface area contributed by atoms with Gasteiger partial charge in [-0.05, 0) is 43.2 Å². The number of benzene rings is 2. The van der Waals surface area contributed by atoms with Gasteiger partial charge in [0.05, 0.1) is 13.3 Å². The summed E-state index contributed by atoms with van der Waals surface area (Å²) in [5.74, 6) is 2.03. The van der Waals surface area contributed by atoms with Crippen LogP contribution < -0.4 is 15.4 Å². The molecule has 2 aromatic carbocycles. The van der Waals surface area contributed by atoms with Gasteiger partial charge in [-0.1, -0.05) is 29.8 Å². The number of anilines is 3. The van der Waals surface area contributed by atoms with Crippen LogP contribution in [0.3, 0.4) is 0 Å². The Balaban J connectivity index is 1.55. The highest BCUT2D eigenvalue weighted by atomic mass is 16.5. The van der Waals surface area contributed by atoms with Gasteiger partial charge in [0.25, 0.3) is 0 Å². The summed E-state index contributed by atoms with van der Waals surface area (Å²) in [5, 5.41) is 14.4. The number of nitrogens with one attached hydrogen (secondary N) is 2. The van der Waals surface area contributed by atoms with E-state index in [1.165, 1.54) is 11.1 Å². The summed E-state index contributed by atoms with van der Waals surface area (Å²) >= 11 is 0. The lowest BCUT2D eigenvalue weighted by atomic mass is 10.1. The molecule has 1 aromatic heterocycles. The van der Waals surface area contributed by atoms with Gasteiger partial charge in [-0.3, -0.25) is 0 Å². The number of aromatic nitrogens is 3. The zero-order valence-electron chi connectivity index (χ0n) is 14.4. The van der Waals surface area contributed by atoms with Crippen LogP contribution in [0.4, 0.5) is 17.5 Å². The van der Waals surface area contributed by atoms with Crippen LogP contribution in [0.15, 0.2) is 54.7 Å². The van der Waals surface area contributed by atoms with Crippen LogP contribution in [0.2, 0.25) is 0 Å². The van der Waals surface area contributed by atoms with Crippen LogP contribution >= 0.6 is 0 Å². The lowest BCUT2D eigenvalue weighted by molar-refractivity contribution is 0.414. The number of hydrogen-bond donors (Lipinski definition) is 2. The van der Waals surface area contributed by atoms with Crippen molar-refractivity contribution in [3.63, 3.8) is 0 Å². The molecule has 0 bridgehead atoms. The second-order valence-corrected chi connectivity index (χ2v) is 5.68. The van der Waals surface area contributed by atoms with Crippen molar-refractivity contribution >= 4 is 17.5 Å². The van der Waals surface area contributed by atoms with Crippen molar-refractivity contribution in [3.8, 4) is 5.75 Å². The predicted octanol–water partition coefficient (Wildman–Crippen LogP) is 3.59. The number of hydrogen-bond acceptors (Lipinski definition) is 6. The van der Waals surface area contributed by atoms with E-state index in [1.807, 2.05) is 36.4 Å². The standard InChI is InChI=1S/C19H21N5O/c1-14-3-7-16(8-4-14)22-19-23-18(13-21-24-19)20-12-11-15-5-9-17(25-2)10-6-15/h3-10,13H,11-12H2,1-2H3,(H2,20,22,23,24). The molecule has 3 rings (SSSR count). The predicted molar refractivity (Wildman–Crippen MR) is 99.5 cm³/mol. The molecule has 0 fully saturated rings. The van der Waals surface area contributed by atoms with E-state index < -0.39 is 0 Å². The zero-order chi connectivity index (χ0) is 17.5. The first kappa shape index (κ1) is 16.7. The van der Waals surface area contributed by atoms with Gasteiger partial charge >= 0.3 is 0 Å². The Morgan fingerprint density at radius 2 is 1.76 bits per heavy atom. The number of methoxy groups -OCH3 is 1. The topological polar surface area (TPSA) is 72.0 Å². The lowest BCUT2D eigenvalue weighted by Crippen LogP contribution is -2.08. The summed E-state index contributed by atoms with van der Waals surface area (Å²) in [5.41, 5.74) is 3.37. The molecule has 0 atom stereocenters. The van der Waals surface area contributed by atoms with Crippen molar-refractivity contribution in [3.05, 3.63) is 65.9 Å². The van der Waals surface area contributed by atoms with E-state index in [0.29, 0.717) is 11.8 Å². The molecule has 0 saturated heterocycles. The van der Waals surface area contributed by atoms with Crippen LogP contribution in [0, 0.1) is 6.92 Å². The molecular formula is C19H21N5O. The van der Waals surface area contributed by atoms with Crippen LogP contribution in [-0.4, -0.2) is 28.8 Å². The Hall–Kier alpha value is -3.15. The second kappa shape index (κ2) is 8.10. The van der Waals surface area contributed by atoms with Crippen LogP contribution in [0.25, 0.3) is 0 Å². The Kier molecular flexibility index (Phi) is 5.41. The molecule has 6 nitrogen and oxygen atoms in total. The minimum absolute atomic E-state index is 0.471. The van der Waals surface area contributed by atoms with Gasteiger partial charge in [-0.15, -0.1) is 5.10 Å². The highest BCUT2D eigenvalue weighted by Gasteiger charge is 2.02. The van der Waals surface area contributed by atoms with Crippen LogP contribution in [0.5, 0.6) is 5.75 Å². The molecule has 6 heteroatoms. The number of aryl methyl sites for hydroxylation is 1. The van der Waals surface area contributed by atoms with Crippen molar-refractivity contribution < 1.29 is 4.74 Å². The van der Waals surface area contributed by atoms with Crippen LogP contribution in [0.1, 0.15) is 11.1 Å². The van der Waals surface area contributed by atoms with E-state index in [4.69, 9.17) is 4.74 Å². The normalized spacial score (nSPS) is 10.3. The molecule has 128 valence electrons. The summed E-state index contributed by atoms with van der Waals surface area (Å²) in [6.07, 6.45) is 2.50. The summed E-state index contributed by atoms with van der Waals surface area (Å²) in [7, 11) is 1.67. The molecule has 0 radical (unpaired) electrons. The molecule has 0 amide bonds. The summed E-state index contributed by atoms with van der Waals surface area (Å²) in [4.78, 5) is 4.43. The zero-order valence-corrected chi connectivity index (χ0v) is 14.4. The van der Waals surface area contributed by atoms with Crippen LogP contribution in [-0.2, 0) is 6.42 Å². The Morgan fingerprint density at radius 1 is 1.00 bits per heavy atom. The fourth-order valence-electron chi connectivity index (χ4n) is 2.33. The molecule has 0 aliphatic heterocycles. The molecule has 25 heavy (non-hydrogen) atoms. The Labute approximate surface area is 147 Å². The van der Waals surface area contributed by atoms with Gasteiger partial charge in [-0.25, -0.2) is 0 Å². The third kappa shape index (κ3) is 4.91. The molecule has 0 aliphatic carbocycles. The van der Waals surface area contributed by atoms with E-state index >= 15 is 0 Å². The fourth-order valence-corrected chi connectivity index (χ4v) is 2.33. The molecule has 0 aliphatic rings. The first-order valence-corrected chi connectivity index (χ1v) is 8.13. The minimum atomic E-state index is 0.471. The third-order valence-electron chi connectivity index (χ3n) is 3.75. The van der Waals surface area contributed by atoms with Crippen molar-refractivity contribution in [2.75, 3.05) is 24.3 Å². The van der Waals surface area contributed by atoms with E-state index in [9.17, 15) is 0 Å². The minimum Gasteiger partial charge on any atom is -0.497 e. The number of rotatable bonds is 7. The summed E-state index contributed by atoms with van der Waals surface area (Å²) in [6, 6.07) is 16.1. The largest absolute Gasteiger partial charge is 0.497 e. The SMILES string of the molecule is COc1ccc(CCNc2cnnc(Nc3ccc(C)cc3)n2)cc1. The van der Waals surface area contributed by atoms with Gasteiger partial charge < -0.3 is 15.4 Å². The number of nitrogens with zero attached hydrogens (tertiary/aromatic N) is 3. The van der Waals surface area contributed by atoms with Crippen molar-refractivity contribution in [1.82, 2.24) is 15.2 Å². The molecule has 2 N–H and O–H groups in total. The van der Waals surface area contributed by atoms with Gasteiger partial charge in [0.2, 0.25) is 5.95 Å². The Morgan fingerprint density at radius 3 is 2.48 bits per heavy atom. The quantitative estimate of drug-likeness (QED) is 0.687. The third-order valence-corrected chi connectivity index (χ3v) is 3.75. The number of ether oxygens (including phenoxy) is 1. The van der Waals surface area contributed by atoms with Gasteiger partial charge in [0.15, 0.2) is 5.82 Å². The maximum atomic E-state index is 5.16. The first-order chi connectivity index (χ1) is 12.2. The molecule has 0 unspecified atom stereocenters. The van der Waals surface area contributed by atoms with Gasteiger partial charge in [0, 0.05) is 12.2 Å². The lowest BCUT2D eigenvalue weighted by Gasteiger charge is -2.08. The highest BCUT2D eigenvalue weighted by Crippen LogP contribution is 2.15. The molecule has 1 heterocycles. The van der Waals surface area contributed by atoms with E-state index in [0.717, 1.165) is 24.4 Å². The molecule has 3 aromatic rings. The average Bonchev–Trinajstić information content (AvgIpc) is 2.65. The van der Waals surface area contributed by atoms with E-state index in [1.54, 1.807) is 13.3 Å². The molecular weight excluding hydrogens is 314 g/mol. The smallest absolute Gasteiger partial charge is 0.249 e. The second-order valence-electron chi connectivity index (χ2n) is 5.68. The summed E-state index contributed by atoms with van der Waals surface area (Å²) < 4.78 is 5.16. The highest BCUT2D eigenvalue weighted by molar-refractivity contribution is 5.54. The van der Waals surface area contributed by atoms with Crippen molar-refractivity contribution in [1.29, 1.82) is 0 Å². The summed E-state index contributed by atoms with van der Waals surface area (Å²) in [6.45, 7) is 2.81. The van der Waals surface area contributed by atoms with Crippen molar-refractivity contribution in [2.45, 2.75) is 13.3 Å². The Bertz CT molecular complexity index is 803. The maximum Gasteiger partial charge on any atom is 0.249 e. The average molecular weight is 335 g/mol. The van der Waals surface area contributed by atoms with E-state index in [-0.39, 0.29) is 0 Å². The maximum absolute atomic E-state index is 5.16.